The Bertz CT molecular complexity index is 767. The van der Waals surface area contributed by atoms with E-state index >= 15 is 0 Å². The van der Waals surface area contributed by atoms with Crippen LogP contribution in [0.5, 0.6) is 0 Å². The molecule has 1 saturated heterocycles. The minimum atomic E-state index is -0.276. The van der Waals surface area contributed by atoms with E-state index in [-0.39, 0.29) is 11.8 Å². The van der Waals surface area contributed by atoms with Crippen LogP contribution in [-0.4, -0.2) is 59.9 Å². The van der Waals surface area contributed by atoms with E-state index in [2.05, 4.69) is 37.4 Å². The molecule has 2 heterocycles. The smallest absolute Gasteiger partial charge is 0.258 e. The van der Waals surface area contributed by atoms with Crippen LogP contribution >= 0.6 is 0 Å². The van der Waals surface area contributed by atoms with E-state index in [0.717, 1.165) is 26.2 Å². The summed E-state index contributed by atoms with van der Waals surface area (Å²) in [5.41, 5.74) is 1.71. The molecule has 0 atom stereocenters. The summed E-state index contributed by atoms with van der Waals surface area (Å²) in [6.07, 6.45) is 3.09. The number of amides is 2. The summed E-state index contributed by atoms with van der Waals surface area (Å²) in [7, 11) is 2.09. The first-order valence-corrected chi connectivity index (χ1v) is 8.46. The number of carbonyl (C=O) groups excluding carboxylic acids is 2. The zero-order valence-corrected chi connectivity index (χ0v) is 14.9. The van der Waals surface area contributed by atoms with Crippen molar-refractivity contribution in [3.63, 3.8) is 0 Å². The van der Waals surface area contributed by atoms with Crippen molar-refractivity contribution in [1.82, 2.24) is 14.9 Å². The van der Waals surface area contributed by atoms with Crippen LogP contribution in [0.25, 0.3) is 0 Å². The average molecular weight is 354 g/mol. The number of aromatic nitrogens is 2. The Balaban J connectivity index is 1.60. The van der Waals surface area contributed by atoms with E-state index in [1.165, 1.54) is 6.92 Å². The van der Waals surface area contributed by atoms with E-state index in [1.54, 1.807) is 36.7 Å². The second-order valence-corrected chi connectivity index (χ2v) is 6.27. The SMILES string of the molecule is CC(=O)Nc1ccc(NC(=O)c2cnc(N3CCN(C)CC3)nc2)cc1. The number of piperazine rings is 1. The topological polar surface area (TPSA) is 90.5 Å². The highest BCUT2D eigenvalue weighted by molar-refractivity contribution is 6.04. The number of rotatable bonds is 4. The van der Waals surface area contributed by atoms with Crippen LogP contribution in [-0.2, 0) is 4.79 Å². The molecule has 26 heavy (non-hydrogen) atoms. The monoisotopic (exact) mass is 354 g/mol. The minimum Gasteiger partial charge on any atom is -0.338 e. The molecule has 2 amide bonds. The Morgan fingerprint density at radius 1 is 0.923 bits per heavy atom. The Kier molecular flexibility index (Phi) is 5.43. The van der Waals surface area contributed by atoms with Crippen LogP contribution in [0.3, 0.4) is 0 Å². The molecule has 8 heteroatoms. The summed E-state index contributed by atoms with van der Waals surface area (Å²) in [5.74, 6) is 0.232. The summed E-state index contributed by atoms with van der Waals surface area (Å²) < 4.78 is 0. The van der Waals surface area contributed by atoms with Gasteiger partial charge in [-0.2, -0.15) is 0 Å². The standard InChI is InChI=1S/C18H22N6O2/c1-13(25)21-15-3-5-16(6-4-15)22-17(26)14-11-19-18(20-12-14)24-9-7-23(2)8-10-24/h3-6,11-12H,7-10H2,1-2H3,(H,21,25)(H,22,26). The lowest BCUT2D eigenvalue weighted by atomic mass is 10.2. The highest BCUT2D eigenvalue weighted by atomic mass is 16.2. The quantitative estimate of drug-likeness (QED) is 0.863. The number of likely N-dealkylation sites (N-methyl/N-ethyl adjacent to an activating group) is 1. The maximum Gasteiger partial charge on any atom is 0.258 e. The third-order valence-electron chi connectivity index (χ3n) is 4.15. The fourth-order valence-electron chi connectivity index (χ4n) is 2.65. The lowest BCUT2D eigenvalue weighted by Gasteiger charge is -2.32. The molecule has 136 valence electrons. The van der Waals surface area contributed by atoms with Crippen LogP contribution < -0.4 is 15.5 Å². The molecule has 3 rings (SSSR count). The lowest BCUT2D eigenvalue weighted by Crippen LogP contribution is -2.45. The average Bonchev–Trinajstić information content (AvgIpc) is 2.64. The van der Waals surface area contributed by atoms with Gasteiger partial charge in [0.15, 0.2) is 0 Å². The second-order valence-electron chi connectivity index (χ2n) is 6.27. The molecule has 1 aromatic heterocycles. The molecule has 2 aromatic rings. The van der Waals surface area contributed by atoms with E-state index in [9.17, 15) is 9.59 Å². The largest absolute Gasteiger partial charge is 0.338 e. The molecule has 1 aromatic carbocycles. The van der Waals surface area contributed by atoms with Crippen LogP contribution in [0, 0.1) is 0 Å². The number of anilines is 3. The predicted octanol–water partition coefficient (Wildman–Crippen LogP) is 1.44. The lowest BCUT2D eigenvalue weighted by molar-refractivity contribution is -0.114. The van der Waals surface area contributed by atoms with E-state index < -0.39 is 0 Å². The van der Waals surface area contributed by atoms with Gasteiger partial charge in [-0.25, -0.2) is 9.97 Å². The van der Waals surface area contributed by atoms with Crippen molar-refractivity contribution in [2.24, 2.45) is 0 Å². The Morgan fingerprint density at radius 2 is 1.46 bits per heavy atom. The summed E-state index contributed by atoms with van der Waals surface area (Å²) in [6, 6.07) is 6.90. The van der Waals surface area contributed by atoms with Gasteiger partial charge in [0.2, 0.25) is 11.9 Å². The van der Waals surface area contributed by atoms with Crippen molar-refractivity contribution in [2.75, 3.05) is 48.8 Å². The molecule has 8 nitrogen and oxygen atoms in total. The van der Waals surface area contributed by atoms with Gasteiger partial charge in [0.25, 0.3) is 5.91 Å². The fourth-order valence-corrected chi connectivity index (χ4v) is 2.65. The Morgan fingerprint density at radius 3 is 2.00 bits per heavy atom. The van der Waals surface area contributed by atoms with Gasteiger partial charge < -0.3 is 20.4 Å². The van der Waals surface area contributed by atoms with Crippen molar-refractivity contribution in [1.29, 1.82) is 0 Å². The van der Waals surface area contributed by atoms with Gasteiger partial charge in [0.05, 0.1) is 5.56 Å². The molecule has 0 bridgehead atoms. The maximum atomic E-state index is 12.3. The van der Waals surface area contributed by atoms with Gasteiger partial charge in [-0.1, -0.05) is 0 Å². The summed E-state index contributed by atoms with van der Waals surface area (Å²) in [6.45, 7) is 5.15. The maximum absolute atomic E-state index is 12.3. The molecule has 1 aliphatic heterocycles. The van der Waals surface area contributed by atoms with Gasteiger partial charge in [-0.05, 0) is 31.3 Å². The predicted molar refractivity (Wildman–Crippen MR) is 100 cm³/mol. The highest BCUT2D eigenvalue weighted by Gasteiger charge is 2.17. The molecular formula is C18H22N6O2. The minimum absolute atomic E-state index is 0.139. The van der Waals surface area contributed by atoms with Gasteiger partial charge >= 0.3 is 0 Å². The summed E-state index contributed by atoms with van der Waals surface area (Å²) >= 11 is 0. The van der Waals surface area contributed by atoms with Crippen LogP contribution in [0.1, 0.15) is 17.3 Å². The van der Waals surface area contributed by atoms with E-state index in [0.29, 0.717) is 22.9 Å². The molecule has 0 radical (unpaired) electrons. The zero-order chi connectivity index (χ0) is 18.5. The molecule has 0 spiro atoms. The number of hydrogen-bond acceptors (Lipinski definition) is 6. The normalized spacial score (nSPS) is 14.8. The Hall–Kier alpha value is -3.00. The van der Waals surface area contributed by atoms with Crippen LogP contribution in [0.4, 0.5) is 17.3 Å². The molecule has 0 saturated carbocycles. The number of nitrogens with zero attached hydrogens (tertiary/aromatic N) is 4. The van der Waals surface area contributed by atoms with Gasteiger partial charge in [-0.15, -0.1) is 0 Å². The van der Waals surface area contributed by atoms with Crippen molar-refractivity contribution in [2.45, 2.75) is 6.92 Å². The number of benzene rings is 1. The van der Waals surface area contributed by atoms with Crippen molar-refractivity contribution in [3.05, 3.63) is 42.2 Å². The molecular weight excluding hydrogens is 332 g/mol. The van der Waals surface area contributed by atoms with Gasteiger partial charge in [-0.3, -0.25) is 9.59 Å². The van der Waals surface area contributed by atoms with E-state index in [1.807, 2.05) is 0 Å². The van der Waals surface area contributed by atoms with Crippen LogP contribution in [0.15, 0.2) is 36.7 Å². The molecule has 1 aliphatic rings. The van der Waals surface area contributed by atoms with Crippen molar-refractivity contribution < 1.29 is 9.59 Å². The zero-order valence-electron chi connectivity index (χ0n) is 14.9. The third-order valence-corrected chi connectivity index (χ3v) is 4.15. The van der Waals surface area contributed by atoms with Gasteiger partial charge in [0, 0.05) is 56.9 Å². The third kappa shape index (κ3) is 4.54. The molecule has 0 unspecified atom stereocenters. The number of hydrogen-bond donors (Lipinski definition) is 2. The fraction of sp³-hybridized carbons (Fsp3) is 0.333. The first-order chi connectivity index (χ1) is 12.5. The number of nitrogens with one attached hydrogen (secondary N) is 2. The molecule has 2 N–H and O–H groups in total. The first-order valence-electron chi connectivity index (χ1n) is 8.46. The van der Waals surface area contributed by atoms with Crippen LogP contribution in [0.2, 0.25) is 0 Å². The highest BCUT2D eigenvalue weighted by Crippen LogP contribution is 2.15. The molecule has 1 fully saturated rings. The Labute approximate surface area is 152 Å². The second kappa shape index (κ2) is 7.92. The van der Waals surface area contributed by atoms with E-state index in [4.69, 9.17) is 0 Å². The summed E-state index contributed by atoms with van der Waals surface area (Å²) in [4.78, 5) is 36.4. The first kappa shape index (κ1) is 17.8. The number of carbonyl (C=O) groups is 2. The van der Waals surface area contributed by atoms with Crippen molar-refractivity contribution >= 4 is 29.1 Å². The van der Waals surface area contributed by atoms with Crippen molar-refractivity contribution in [3.8, 4) is 0 Å². The summed E-state index contributed by atoms with van der Waals surface area (Å²) in [5, 5.41) is 5.47. The van der Waals surface area contributed by atoms with Gasteiger partial charge in [0.1, 0.15) is 0 Å². The molecule has 0 aliphatic carbocycles.